The molecular weight excluding hydrogens is 411 g/mol. The van der Waals surface area contributed by atoms with Crippen LogP contribution >= 0.6 is 0 Å². The average molecular weight is 444 g/mol. The van der Waals surface area contributed by atoms with E-state index in [4.69, 9.17) is 4.74 Å². The number of piperazine rings is 1. The zero-order valence-electron chi connectivity index (χ0n) is 18.4. The quantitative estimate of drug-likeness (QED) is 0.476. The molecule has 0 aromatic heterocycles. The smallest absolute Gasteiger partial charge is 0.422 e. The Kier molecular flexibility index (Phi) is 9.42. The second-order valence-corrected chi connectivity index (χ2v) is 7.48. The third-order valence-corrected chi connectivity index (χ3v) is 4.90. The summed E-state index contributed by atoms with van der Waals surface area (Å²) in [6.07, 6.45) is -4.39. The third-order valence-electron chi connectivity index (χ3n) is 4.90. The maximum absolute atomic E-state index is 12.5. The van der Waals surface area contributed by atoms with Gasteiger partial charge < -0.3 is 20.3 Å². The van der Waals surface area contributed by atoms with Crippen LogP contribution < -0.4 is 15.4 Å². The minimum Gasteiger partial charge on any atom is -0.484 e. The van der Waals surface area contributed by atoms with Gasteiger partial charge in [-0.15, -0.1) is 0 Å². The van der Waals surface area contributed by atoms with Crippen molar-refractivity contribution < 1.29 is 22.7 Å². The molecule has 1 aliphatic rings. The second kappa shape index (κ2) is 11.8. The molecule has 0 unspecified atom stereocenters. The van der Waals surface area contributed by atoms with Gasteiger partial charge in [-0.3, -0.25) is 9.69 Å². The van der Waals surface area contributed by atoms with Crippen LogP contribution in [0.3, 0.4) is 0 Å². The normalized spacial score (nSPS) is 15.7. The van der Waals surface area contributed by atoms with Crippen molar-refractivity contribution in [2.45, 2.75) is 33.5 Å². The molecule has 0 spiro atoms. The molecule has 0 aliphatic carbocycles. The number of hydrogen-bond acceptors (Lipinski definition) is 4. The van der Waals surface area contributed by atoms with E-state index in [2.05, 4.69) is 20.5 Å². The molecule has 0 saturated carbocycles. The van der Waals surface area contributed by atoms with E-state index in [9.17, 15) is 18.0 Å². The number of alkyl halides is 3. The van der Waals surface area contributed by atoms with Crippen LogP contribution in [0.25, 0.3) is 0 Å². The Bertz CT molecular complexity index is 747. The van der Waals surface area contributed by atoms with E-state index in [1.807, 2.05) is 17.9 Å². The lowest BCUT2D eigenvalue weighted by Gasteiger charge is -2.34. The van der Waals surface area contributed by atoms with Gasteiger partial charge in [0.2, 0.25) is 5.91 Å². The highest BCUT2D eigenvalue weighted by Crippen LogP contribution is 2.24. The third kappa shape index (κ3) is 9.04. The lowest BCUT2D eigenvalue weighted by Crippen LogP contribution is -2.50. The summed E-state index contributed by atoms with van der Waals surface area (Å²) in [6, 6.07) is 5.16. The number of rotatable bonds is 8. The summed E-state index contributed by atoms with van der Waals surface area (Å²) in [5, 5.41) is 6.40. The first-order chi connectivity index (χ1) is 14.7. The molecule has 174 valence electrons. The molecule has 1 amide bonds. The number of carbonyl (C=O) groups is 1. The second-order valence-electron chi connectivity index (χ2n) is 7.48. The molecule has 1 saturated heterocycles. The van der Waals surface area contributed by atoms with Crippen LogP contribution in [0.5, 0.6) is 5.75 Å². The van der Waals surface area contributed by atoms with Crippen LogP contribution in [-0.2, 0) is 11.3 Å². The lowest BCUT2D eigenvalue weighted by molar-refractivity contribution is -0.153. The van der Waals surface area contributed by atoms with Gasteiger partial charge in [0.25, 0.3) is 0 Å². The number of halogens is 3. The Labute approximate surface area is 181 Å². The number of nitrogens with one attached hydrogen (secondary N) is 2. The summed E-state index contributed by atoms with van der Waals surface area (Å²) in [4.78, 5) is 20.0. The van der Waals surface area contributed by atoms with E-state index in [0.717, 1.165) is 38.3 Å². The van der Waals surface area contributed by atoms with Crippen molar-refractivity contribution in [3.63, 3.8) is 0 Å². The molecule has 0 bridgehead atoms. The Morgan fingerprint density at radius 2 is 1.90 bits per heavy atom. The van der Waals surface area contributed by atoms with Crippen LogP contribution in [0.4, 0.5) is 13.2 Å². The molecule has 2 N–H and O–H groups in total. The number of benzene rings is 1. The first kappa shape index (κ1) is 24.8. The fourth-order valence-corrected chi connectivity index (χ4v) is 3.21. The molecule has 2 rings (SSSR count). The van der Waals surface area contributed by atoms with Crippen molar-refractivity contribution in [1.82, 2.24) is 20.4 Å². The summed E-state index contributed by atoms with van der Waals surface area (Å²) in [7, 11) is 0. The molecule has 1 heterocycles. The first-order valence-electron chi connectivity index (χ1n) is 10.5. The van der Waals surface area contributed by atoms with Crippen LogP contribution in [-0.4, -0.2) is 80.3 Å². The van der Waals surface area contributed by atoms with Gasteiger partial charge in [-0.25, -0.2) is 4.99 Å². The SMILES string of the molecule is CCNC(=NCc1ccc(C)cc1OCC(F)(F)F)NCCN1CCN(C(C)=O)CC1. The Morgan fingerprint density at radius 1 is 1.19 bits per heavy atom. The van der Waals surface area contributed by atoms with Gasteiger partial charge in [0.1, 0.15) is 5.75 Å². The van der Waals surface area contributed by atoms with Crippen molar-refractivity contribution in [2.24, 2.45) is 4.99 Å². The van der Waals surface area contributed by atoms with Crippen molar-refractivity contribution >= 4 is 11.9 Å². The number of aryl methyl sites for hydroxylation is 1. The van der Waals surface area contributed by atoms with E-state index in [-0.39, 0.29) is 18.2 Å². The van der Waals surface area contributed by atoms with E-state index >= 15 is 0 Å². The number of carbonyl (C=O) groups excluding carboxylic acids is 1. The average Bonchev–Trinajstić information content (AvgIpc) is 2.71. The molecule has 31 heavy (non-hydrogen) atoms. The van der Waals surface area contributed by atoms with Gasteiger partial charge in [-0.05, 0) is 25.5 Å². The van der Waals surface area contributed by atoms with Crippen molar-refractivity contribution in [3.05, 3.63) is 29.3 Å². The zero-order chi connectivity index (χ0) is 22.9. The summed E-state index contributed by atoms with van der Waals surface area (Å²) in [5.41, 5.74) is 1.41. The standard InChI is InChI=1S/C21H32F3N5O2/c1-4-25-20(26-7-8-28-9-11-29(12-10-28)17(3)30)27-14-18-6-5-16(2)13-19(18)31-15-21(22,23)24/h5-6,13H,4,7-12,14-15H2,1-3H3,(H2,25,26,27). The Morgan fingerprint density at radius 3 is 2.52 bits per heavy atom. The van der Waals surface area contributed by atoms with Crippen LogP contribution in [0.2, 0.25) is 0 Å². The van der Waals surface area contributed by atoms with Crippen LogP contribution in [0, 0.1) is 6.92 Å². The minimum absolute atomic E-state index is 0.106. The van der Waals surface area contributed by atoms with Gasteiger partial charge in [0.15, 0.2) is 12.6 Å². The molecule has 0 radical (unpaired) electrons. The highest BCUT2D eigenvalue weighted by Gasteiger charge is 2.28. The van der Waals surface area contributed by atoms with E-state index in [1.54, 1.807) is 26.0 Å². The van der Waals surface area contributed by atoms with Gasteiger partial charge >= 0.3 is 6.18 Å². The lowest BCUT2D eigenvalue weighted by atomic mass is 10.1. The maximum Gasteiger partial charge on any atom is 0.422 e. The molecule has 7 nitrogen and oxygen atoms in total. The summed E-state index contributed by atoms with van der Waals surface area (Å²) >= 11 is 0. The number of hydrogen-bond donors (Lipinski definition) is 2. The predicted octanol–water partition coefficient (Wildman–Crippen LogP) is 2.16. The van der Waals surface area contributed by atoms with Crippen LogP contribution in [0.1, 0.15) is 25.0 Å². The molecule has 10 heteroatoms. The van der Waals surface area contributed by atoms with E-state index in [0.29, 0.717) is 24.6 Å². The number of ether oxygens (including phenoxy) is 1. The highest BCUT2D eigenvalue weighted by molar-refractivity contribution is 5.79. The van der Waals surface area contributed by atoms with Gasteiger partial charge in [-0.1, -0.05) is 12.1 Å². The number of amides is 1. The van der Waals surface area contributed by atoms with Crippen molar-refractivity contribution in [3.8, 4) is 5.75 Å². The summed E-state index contributed by atoms with van der Waals surface area (Å²) < 4.78 is 42.6. The summed E-state index contributed by atoms with van der Waals surface area (Å²) in [5.74, 6) is 0.890. The van der Waals surface area contributed by atoms with Crippen molar-refractivity contribution in [2.75, 3.05) is 52.4 Å². The monoisotopic (exact) mass is 443 g/mol. The van der Waals surface area contributed by atoms with Gasteiger partial charge in [0, 0.05) is 58.3 Å². The fourth-order valence-electron chi connectivity index (χ4n) is 3.21. The first-order valence-corrected chi connectivity index (χ1v) is 10.5. The molecule has 1 aromatic carbocycles. The van der Waals surface area contributed by atoms with Gasteiger partial charge in [-0.2, -0.15) is 13.2 Å². The predicted molar refractivity (Wildman–Crippen MR) is 114 cm³/mol. The topological polar surface area (TPSA) is 69.2 Å². The minimum atomic E-state index is -4.39. The van der Waals surface area contributed by atoms with Gasteiger partial charge in [0.05, 0.1) is 6.54 Å². The highest BCUT2D eigenvalue weighted by atomic mass is 19.4. The molecule has 1 aliphatic heterocycles. The number of nitrogens with zero attached hydrogens (tertiary/aromatic N) is 3. The Hall–Kier alpha value is -2.49. The molecular formula is C21H32F3N5O2. The number of guanidine groups is 1. The van der Waals surface area contributed by atoms with E-state index in [1.165, 1.54) is 0 Å². The van der Waals surface area contributed by atoms with E-state index < -0.39 is 12.8 Å². The molecule has 1 fully saturated rings. The summed E-state index contributed by atoms with van der Waals surface area (Å²) in [6.45, 7) is 9.46. The largest absolute Gasteiger partial charge is 0.484 e. The van der Waals surface area contributed by atoms with Crippen molar-refractivity contribution in [1.29, 1.82) is 0 Å². The fraction of sp³-hybridized carbons (Fsp3) is 0.619. The maximum atomic E-state index is 12.5. The number of aliphatic imine (C=N–C) groups is 1. The zero-order valence-corrected chi connectivity index (χ0v) is 18.4. The molecule has 0 atom stereocenters. The molecule has 1 aromatic rings. The van der Waals surface area contributed by atoms with Crippen LogP contribution in [0.15, 0.2) is 23.2 Å². The Balaban J connectivity index is 1.90.